The number of hydrogen-bond acceptors (Lipinski definition) is 2. The molecule has 0 bridgehead atoms. The smallest absolute Gasteiger partial charge is 0.165 e. The number of methoxy groups -OCH3 is 1. The first-order chi connectivity index (χ1) is 7.63. The van der Waals surface area contributed by atoms with E-state index in [0.717, 1.165) is 12.6 Å². The molecule has 1 heterocycles. The third-order valence-corrected chi connectivity index (χ3v) is 3.24. The van der Waals surface area contributed by atoms with Crippen molar-refractivity contribution in [3.8, 4) is 0 Å². The fraction of sp³-hybridized carbons (Fsp3) is 0.500. The quantitative estimate of drug-likeness (QED) is 0.784. The van der Waals surface area contributed by atoms with Gasteiger partial charge in [-0.2, -0.15) is 0 Å². The molecule has 4 heteroatoms. The highest BCUT2D eigenvalue weighted by Gasteiger charge is 2.46. The predicted molar refractivity (Wildman–Crippen MR) is 57.2 cm³/mol. The molecule has 1 saturated heterocycles. The lowest BCUT2D eigenvalue weighted by atomic mass is 9.85. The second-order valence-corrected chi connectivity index (χ2v) is 4.10. The Morgan fingerprint density at radius 3 is 2.62 bits per heavy atom. The average Bonchev–Trinajstić information content (AvgIpc) is 2.23. The molecule has 0 N–H and O–H groups in total. The summed E-state index contributed by atoms with van der Waals surface area (Å²) >= 11 is 0. The van der Waals surface area contributed by atoms with Crippen LogP contribution in [-0.2, 0) is 10.3 Å². The Hall–Kier alpha value is -1.00. The third-order valence-electron chi connectivity index (χ3n) is 3.24. The van der Waals surface area contributed by atoms with Crippen molar-refractivity contribution in [3.05, 3.63) is 35.4 Å². The molecular formula is C12H15F2NO. The van der Waals surface area contributed by atoms with Gasteiger partial charge >= 0.3 is 0 Å². The highest BCUT2D eigenvalue weighted by Crippen LogP contribution is 2.36. The summed E-state index contributed by atoms with van der Waals surface area (Å²) in [6.07, 6.45) is 0. The van der Waals surface area contributed by atoms with E-state index < -0.39 is 17.2 Å². The predicted octanol–water partition coefficient (Wildman–Crippen LogP) is 2.14. The summed E-state index contributed by atoms with van der Waals surface area (Å²) in [4.78, 5) is 2.12. The summed E-state index contributed by atoms with van der Waals surface area (Å²) in [5, 5.41) is 0. The number of likely N-dealkylation sites (tertiary alicyclic amines) is 1. The monoisotopic (exact) mass is 227 g/mol. The van der Waals surface area contributed by atoms with E-state index in [-0.39, 0.29) is 0 Å². The van der Waals surface area contributed by atoms with Gasteiger partial charge in [0.15, 0.2) is 11.6 Å². The van der Waals surface area contributed by atoms with Crippen LogP contribution in [0.15, 0.2) is 18.2 Å². The molecular weight excluding hydrogens is 212 g/mol. The molecule has 1 fully saturated rings. The van der Waals surface area contributed by atoms with Gasteiger partial charge in [0.1, 0.15) is 5.60 Å². The van der Waals surface area contributed by atoms with Crippen LogP contribution in [0.1, 0.15) is 12.5 Å². The van der Waals surface area contributed by atoms with Crippen molar-refractivity contribution in [2.45, 2.75) is 12.5 Å². The zero-order valence-corrected chi connectivity index (χ0v) is 9.46. The fourth-order valence-corrected chi connectivity index (χ4v) is 2.16. The molecule has 1 aliphatic rings. The minimum Gasteiger partial charge on any atom is -0.371 e. The molecule has 2 rings (SSSR count). The molecule has 2 nitrogen and oxygen atoms in total. The second-order valence-electron chi connectivity index (χ2n) is 4.10. The average molecular weight is 227 g/mol. The lowest BCUT2D eigenvalue weighted by Crippen LogP contribution is -2.60. The SMILES string of the molecule is CCN1CC(OC)(c2cccc(F)c2F)C1. The molecule has 0 spiro atoms. The van der Waals surface area contributed by atoms with Crippen molar-refractivity contribution in [2.24, 2.45) is 0 Å². The first-order valence-corrected chi connectivity index (χ1v) is 5.35. The Labute approximate surface area is 93.8 Å². The summed E-state index contributed by atoms with van der Waals surface area (Å²) in [6, 6.07) is 4.23. The molecule has 0 radical (unpaired) electrons. The highest BCUT2D eigenvalue weighted by molar-refractivity contribution is 5.29. The molecule has 1 aromatic rings. The molecule has 1 aromatic carbocycles. The van der Waals surface area contributed by atoms with Crippen molar-refractivity contribution in [2.75, 3.05) is 26.7 Å². The second kappa shape index (κ2) is 4.11. The van der Waals surface area contributed by atoms with E-state index >= 15 is 0 Å². The molecule has 0 aromatic heterocycles. The van der Waals surface area contributed by atoms with Gasteiger partial charge in [-0.05, 0) is 12.6 Å². The van der Waals surface area contributed by atoms with Gasteiger partial charge in [-0.1, -0.05) is 19.1 Å². The van der Waals surface area contributed by atoms with Crippen LogP contribution in [0.3, 0.4) is 0 Å². The van der Waals surface area contributed by atoms with Gasteiger partial charge in [0.05, 0.1) is 0 Å². The molecule has 88 valence electrons. The molecule has 0 saturated carbocycles. The number of ether oxygens (including phenoxy) is 1. The van der Waals surface area contributed by atoms with Gasteiger partial charge in [0.25, 0.3) is 0 Å². The lowest BCUT2D eigenvalue weighted by molar-refractivity contribution is -0.130. The van der Waals surface area contributed by atoms with Gasteiger partial charge < -0.3 is 4.74 Å². The van der Waals surface area contributed by atoms with Gasteiger partial charge in [-0.15, -0.1) is 0 Å². The first kappa shape index (κ1) is 11.5. The molecule has 0 amide bonds. The summed E-state index contributed by atoms with van der Waals surface area (Å²) in [7, 11) is 1.54. The standard InChI is InChI=1S/C12H15F2NO/c1-3-15-7-12(8-15,16-2)9-5-4-6-10(13)11(9)14/h4-6H,3,7-8H2,1-2H3. The third kappa shape index (κ3) is 1.62. The summed E-state index contributed by atoms with van der Waals surface area (Å²) in [5.41, 5.74) is -0.359. The fourth-order valence-electron chi connectivity index (χ4n) is 2.16. The van der Waals surface area contributed by atoms with E-state index in [1.54, 1.807) is 6.07 Å². The van der Waals surface area contributed by atoms with E-state index in [0.29, 0.717) is 18.7 Å². The Kier molecular flexibility index (Phi) is 2.95. The van der Waals surface area contributed by atoms with Crippen molar-refractivity contribution in [3.63, 3.8) is 0 Å². The number of likely N-dealkylation sites (N-methyl/N-ethyl adjacent to an activating group) is 1. The number of nitrogens with zero attached hydrogens (tertiary/aromatic N) is 1. The zero-order chi connectivity index (χ0) is 11.8. The van der Waals surface area contributed by atoms with Crippen molar-refractivity contribution in [1.82, 2.24) is 4.90 Å². The number of rotatable bonds is 3. The van der Waals surface area contributed by atoms with Gasteiger partial charge in [-0.25, -0.2) is 8.78 Å². The van der Waals surface area contributed by atoms with E-state index in [2.05, 4.69) is 4.90 Å². The molecule has 16 heavy (non-hydrogen) atoms. The largest absolute Gasteiger partial charge is 0.371 e. The highest BCUT2D eigenvalue weighted by atomic mass is 19.2. The van der Waals surface area contributed by atoms with Crippen molar-refractivity contribution < 1.29 is 13.5 Å². The Bertz CT molecular complexity index is 389. The Morgan fingerprint density at radius 2 is 2.06 bits per heavy atom. The minimum atomic E-state index is -0.816. The summed E-state index contributed by atoms with van der Waals surface area (Å²) in [5.74, 6) is -1.61. The Balaban J connectivity index is 2.32. The lowest BCUT2D eigenvalue weighted by Gasteiger charge is -2.49. The minimum absolute atomic E-state index is 0.319. The normalized spacial score (nSPS) is 19.5. The zero-order valence-electron chi connectivity index (χ0n) is 9.46. The first-order valence-electron chi connectivity index (χ1n) is 5.35. The van der Waals surface area contributed by atoms with Crippen molar-refractivity contribution >= 4 is 0 Å². The maximum Gasteiger partial charge on any atom is 0.165 e. The number of hydrogen-bond donors (Lipinski definition) is 0. The topological polar surface area (TPSA) is 12.5 Å². The van der Waals surface area contributed by atoms with Crippen LogP contribution >= 0.6 is 0 Å². The van der Waals surface area contributed by atoms with Crippen LogP contribution in [0.5, 0.6) is 0 Å². The van der Waals surface area contributed by atoms with Crippen LogP contribution in [0.2, 0.25) is 0 Å². The van der Waals surface area contributed by atoms with Crippen LogP contribution < -0.4 is 0 Å². The van der Waals surface area contributed by atoms with E-state index in [9.17, 15) is 8.78 Å². The summed E-state index contributed by atoms with van der Waals surface area (Å²) < 4.78 is 32.2. The maximum absolute atomic E-state index is 13.7. The van der Waals surface area contributed by atoms with Gasteiger partial charge in [0.2, 0.25) is 0 Å². The number of halogens is 2. The molecule has 1 aliphatic heterocycles. The van der Waals surface area contributed by atoms with Crippen LogP contribution in [-0.4, -0.2) is 31.6 Å². The van der Waals surface area contributed by atoms with Gasteiger partial charge in [-0.3, -0.25) is 4.90 Å². The van der Waals surface area contributed by atoms with E-state index in [1.165, 1.54) is 13.2 Å². The van der Waals surface area contributed by atoms with Crippen LogP contribution in [0, 0.1) is 11.6 Å². The van der Waals surface area contributed by atoms with Crippen LogP contribution in [0.25, 0.3) is 0 Å². The van der Waals surface area contributed by atoms with E-state index in [1.807, 2.05) is 6.92 Å². The maximum atomic E-state index is 13.7. The van der Waals surface area contributed by atoms with Crippen LogP contribution in [0.4, 0.5) is 8.78 Å². The Morgan fingerprint density at radius 1 is 1.38 bits per heavy atom. The number of benzene rings is 1. The summed E-state index contributed by atoms with van der Waals surface area (Å²) in [6.45, 7) is 4.14. The van der Waals surface area contributed by atoms with Crippen molar-refractivity contribution in [1.29, 1.82) is 0 Å². The van der Waals surface area contributed by atoms with Gasteiger partial charge in [0, 0.05) is 25.8 Å². The van der Waals surface area contributed by atoms with E-state index in [4.69, 9.17) is 4.74 Å². The molecule has 0 aliphatic carbocycles. The molecule has 0 unspecified atom stereocenters. The molecule has 0 atom stereocenters.